The zero-order chi connectivity index (χ0) is 11.0. The normalized spacial score (nSPS) is 11.3. The molecule has 0 saturated carbocycles. The van der Waals surface area contributed by atoms with E-state index in [0.717, 1.165) is 15.6 Å². The van der Waals surface area contributed by atoms with Gasteiger partial charge in [-0.15, -0.1) is 11.3 Å². The van der Waals surface area contributed by atoms with E-state index in [-0.39, 0.29) is 5.82 Å². The van der Waals surface area contributed by atoms with E-state index < -0.39 is 0 Å². The Balaban J connectivity index is 2.81. The molecule has 0 bridgehead atoms. The molecular formula is C12H13BFS. The third kappa shape index (κ3) is 1.69. The lowest BCUT2D eigenvalue weighted by Crippen LogP contribution is -2.18. The Morgan fingerprint density at radius 1 is 1.40 bits per heavy atom. The fourth-order valence-electron chi connectivity index (χ4n) is 1.90. The summed E-state index contributed by atoms with van der Waals surface area (Å²) in [5.74, 6) is 0.262. The summed E-state index contributed by atoms with van der Waals surface area (Å²) in [4.78, 5) is 0. The van der Waals surface area contributed by atoms with Gasteiger partial charge in [0.15, 0.2) is 7.28 Å². The van der Waals surface area contributed by atoms with Gasteiger partial charge in [0.25, 0.3) is 0 Å². The average Bonchev–Trinajstić information content (AvgIpc) is 2.66. The van der Waals surface area contributed by atoms with Gasteiger partial charge >= 0.3 is 0 Å². The molecule has 0 N–H and O–H groups in total. The van der Waals surface area contributed by atoms with Crippen LogP contribution in [0.3, 0.4) is 0 Å². The summed E-state index contributed by atoms with van der Waals surface area (Å²) in [5, 5.41) is 2.70. The van der Waals surface area contributed by atoms with Crippen molar-refractivity contribution in [1.29, 1.82) is 0 Å². The van der Waals surface area contributed by atoms with Gasteiger partial charge in [0.05, 0.1) is 0 Å². The van der Waals surface area contributed by atoms with E-state index in [0.29, 0.717) is 5.92 Å². The molecule has 0 aliphatic heterocycles. The van der Waals surface area contributed by atoms with E-state index in [4.69, 9.17) is 0 Å². The highest BCUT2D eigenvalue weighted by molar-refractivity contribution is 7.18. The molecule has 0 spiro atoms. The summed E-state index contributed by atoms with van der Waals surface area (Å²) in [7, 11) is 2.08. The highest BCUT2D eigenvalue weighted by Gasteiger charge is 2.13. The molecule has 2 aromatic rings. The Morgan fingerprint density at radius 3 is 2.73 bits per heavy atom. The first-order valence-electron chi connectivity index (χ1n) is 5.14. The van der Waals surface area contributed by atoms with Crippen LogP contribution in [0, 0.1) is 5.82 Å². The molecule has 15 heavy (non-hydrogen) atoms. The topological polar surface area (TPSA) is 0 Å². The van der Waals surface area contributed by atoms with E-state index in [2.05, 4.69) is 21.1 Å². The standard InChI is InChI=1S/C12H13BFS/c1-7(2)9-6-10(14)8-4-5-15-12(8)11(9)13-3/h4-7H,1-3H3. The van der Waals surface area contributed by atoms with E-state index in [9.17, 15) is 4.39 Å². The second-order valence-electron chi connectivity index (χ2n) is 3.97. The number of thiophene rings is 1. The minimum Gasteiger partial charge on any atom is -0.206 e. The first-order valence-corrected chi connectivity index (χ1v) is 6.02. The van der Waals surface area contributed by atoms with Crippen molar-refractivity contribution in [3.63, 3.8) is 0 Å². The van der Waals surface area contributed by atoms with E-state index in [1.54, 1.807) is 17.4 Å². The van der Waals surface area contributed by atoms with Crippen LogP contribution in [-0.2, 0) is 0 Å². The minimum atomic E-state index is -0.0967. The Labute approximate surface area is 94.4 Å². The summed E-state index contributed by atoms with van der Waals surface area (Å²) < 4.78 is 14.8. The molecule has 77 valence electrons. The molecule has 0 nitrogen and oxygen atoms in total. The van der Waals surface area contributed by atoms with Crippen molar-refractivity contribution in [1.82, 2.24) is 0 Å². The Morgan fingerprint density at radius 2 is 2.13 bits per heavy atom. The lowest BCUT2D eigenvalue weighted by molar-refractivity contribution is 0.636. The molecule has 0 atom stereocenters. The van der Waals surface area contributed by atoms with Gasteiger partial charge in [0.2, 0.25) is 0 Å². The fraction of sp³-hybridized carbons (Fsp3) is 0.333. The van der Waals surface area contributed by atoms with E-state index >= 15 is 0 Å². The molecule has 0 aliphatic carbocycles. The zero-order valence-electron chi connectivity index (χ0n) is 9.17. The smallest absolute Gasteiger partial charge is 0.150 e. The van der Waals surface area contributed by atoms with Gasteiger partial charge in [0.1, 0.15) is 5.82 Å². The Bertz CT molecular complexity index is 488. The molecule has 3 heteroatoms. The molecule has 1 aromatic heterocycles. The molecule has 0 aliphatic rings. The first kappa shape index (κ1) is 10.7. The highest BCUT2D eigenvalue weighted by Crippen LogP contribution is 2.26. The third-order valence-corrected chi connectivity index (χ3v) is 3.62. The molecule has 2 rings (SSSR count). The van der Waals surface area contributed by atoms with Crippen LogP contribution >= 0.6 is 11.3 Å². The van der Waals surface area contributed by atoms with Crippen LogP contribution in [0.1, 0.15) is 25.3 Å². The van der Waals surface area contributed by atoms with E-state index in [1.807, 2.05) is 18.3 Å². The van der Waals surface area contributed by atoms with Crippen molar-refractivity contribution < 1.29 is 4.39 Å². The van der Waals surface area contributed by atoms with Crippen molar-refractivity contribution in [2.75, 3.05) is 0 Å². The van der Waals surface area contributed by atoms with Gasteiger partial charge in [-0.2, -0.15) is 0 Å². The minimum absolute atomic E-state index is 0.0967. The van der Waals surface area contributed by atoms with Crippen LogP contribution in [0.4, 0.5) is 4.39 Å². The van der Waals surface area contributed by atoms with Crippen molar-refractivity contribution in [2.24, 2.45) is 0 Å². The van der Waals surface area contributed by atoms with Crippen LogP contribution in [-0.4, -0.2) is 7.28 Å². The number of fused-ring (bicyclic) bond motifs is 1. The lowest BCUT2D eigenvalue weighted by Gasteiger charge is -2.13. The highest BCUT2D eigenvalue weighted by atomic mass is 32.1. The molecular weight excluding hydrogens is 206 g/mol. The van der Waals surface area contributed by atoms with Crippen molar-refractivity contribution in [2.45, 2.75) is 26.6 Å². The summed E-state index contributed by atoms with van der Waals surface area (Å²) in [6, 6.07) is 3.53. The molecule has 1 heterocycles. The quantitative estimate of drug-likeness (QED) is 0.677. The van der Waals surface area contributed by atoms with Gasteiger partial charge in [0, 0.05) is 10.1 Å². The predicted octanol–water partition coefficient (Wildman–Crippen LogP) is 3.54. The average molecular weight is 219 g/mol. The molecule has 1 radical (unpaired) electrons. The molecule has 0 amide bonds. The third-order valence-electron chi connectivity index (χ3n) is 2.67. The van der Waals surface area contributed by atoms with Gasteiger partial charge < -0.3 is 0 Å². The Kier molecular flexibility index (Phi) is 2.83. The molecule has 0 saturated heterocycles. The van der Waals surface area contributed by atoms with Gasteiger partial charge in [-0.1, -0.05) is 26.1 Å². The van der Waals surface area contributed by atoms with Crippen LogP contribution in [0.25, 0.3) is 10.1 Å². The van der Waals surface area contributed by atoms with Crippen LogP contribution < -0.4 is 5.46 Å². The van der Waals surface area contributed by atoms with E-state index in [1.165, 1.54) is 5.46 Å². The summed E-state index contributed by atoms with van der Waals surface area (Å²) in [6.07, 6.45) is 0. The zero-order valence-corrected chi connectivity index (χ0v) is 9.99. The predicted molar refractivity (Wildman–Crippen MR) is 67.1 cm³/mol. The summed E-state index contributed by atoms with van der Waals surface area (Å²) in [6.45, 7) is 6.21. The molecule has 0 fully saturated rings. The maximum Gasteiger partial charge on any atom is 0.150 e. The number of halogens is 1. The van der Waals surface area contributed by atoms with Gasteiger partial charge in [-0.05, 0) is 29.0 Å². The van der Waals surface area contributed by atoms with Crippen molar-refractivity contribution >= 4 is 34.2 Å². The first-order chi connectivity index (χ1) is 7.15. The monoisotopic (exact) mass is 219 g/mol. The van der Waals surface area contributed by atoms with Crippen LogP contribution in [0.15, 0.2) is 17.5 Å². The largest absolute Gasteiger partial charge is 0.206 e. The number of hydrogen-bond acceptors (Lipinski definition) is 1. The lowest BCUT2D eigenvalue weighted by atomic mass is 9.69. The second kappa shape index (κ2) is 3.97. The summed E-state index contributed by atoms with van der Waals surface area (Å²) >= 11 is 1.61. The van der Waals surface area contributed by atoms with Crippen LogP contribution in [0.5, 0.6) is 0 Å². The SMILES string of the molecule is C[B]c1c(C(C)C)cc(F)c2ccsc12. The second-order valence-corrected chi connectivity index (χ2v) is 4.88. The van der Waals surface area contributed by atoms with Gasteiger partial charge in [-0.25, -0.2) is 4.39 Å². The maximum atomic E-state index is 13.7. The van der Waals surface area contributed by atoms with Gasteiger partial charge in [-0.3, -0.25) is 0 Å². The molecule has 0 unspecified atom stereocenters. The summed E-state index contributed by atoms with van der Waals surface area (Å²) in [5.41, 5.74) is 2.29. The number of benzene rings is 1. The van der Waals surface area contributed by atoms with Crippen molar-refractivity contribution in [3.05, 3.63) is 28.9 Å². The Hall–Kier alpha value is -0.825. The van der Waals surface area contributed by atoms with Crippen molar-refractivity contribution in [3.8, 4) is 0 Å². The fourth-order valence-corrected chi connectivity index (χ4v) is 2.90. The number of rotatable bonds is 2. The maximum absolute atomic E-state index is 13.7. The molecule has 1 aromatic carbocycles. The van der Waals surface area contributed by atoms with Crippen LogP contribution in [0.2, 0.25) is 6.82 Å². The number of hydrogen-bond donors (Lipinski definition) is 0.